The Labute approximate surface area is 160 Å². The second kappa shape index (κ2) is 9.33. The summed E-state index contributed by atoms with van der Waals surface area (Å²) in [5.74, 6) is -0.418. The zero-order valence-electron chi connectivity index (χ0n) is 15.4. The zero-order chi connectivity index (χ0) is 19.1. The summed E-state index contributed by atoms with van der Waals surface area (Å²) in [5.41, 5.74) is 2.89. The van der Waals surface area contributed by atoms with E-state index >= 15 is 0 Å². The molecule has 0 radical (unpaired) electrons. The number of rotatable bonds is 7. The Morgan fingerprint density at radius 3 is 2.59 bits per heavy atom. The Bertz CT molecular complexity index is 776. The average Bonchev–Trinajstić information content (AvgIpc) is 2.68. The smallest absolute Gasteiger partial charge is 0.303 e. The Balaban J connectivity index is 1.59. The second-order valence-corrected chi connectivity index (χ2v) is 7.14. The third kappa shape index (κ3) is 5.66. The van der Waals surface area contributed by atoms with Gasteiger partial charge in [0.1, 0.15) is 0 Å². The van der Waals surface area contributed by atoms with E-state index in [9.17, 15) is 9.59 Å². The van der Waals surface area contributed by atoms with Crippen LogP contribution in [0.1, 0.15) is 25.7 Å². The lowest BCUT2D eigenvalue weighted by Crippen LogP contribution is -2.40. The van der Waals surface area contributed by atoms with E-state index < -0.39 is 5.97 Å². The molecule has 1 aliphatic heterocycles. The van der Waals surface area contributed by atoms with Gasteiger partial charge in [-0.15, -0.1) is 0 Å². The summed E-state index contributed by atoms with van der Waals surface area (Å²) < 4.78 is 0. The fourth-order valence-corrected chi connectivity index (χ4v) is 3.71. The van der Waals surface area contributed by atoms with Crippen LogP contribution in [0.15, 0.2) is 54.6 Å². The molecule has 27 heavy (non-hydrogen) atoms. The van der Waals surface area contributed by atoms with Crippen molar-refractivity contribution in [3.63, 3.8) is 0 Å². The molecule has 0 saturated carbocycles. The first-order valence-electron chi connectivity index (χ1n) is 9.50. The van der Waals surface area contributed by atoms with Crippen molar-refractivity contribution in [1.29, 1.82) is 0 Å². The van der Waals surface area contributed by atoms with Gasteiger partial charge in [0, 0.05) is 24.2 Å². The first-order chi connectivity index (χ1) is 13.1. The molecular formula is C22H26N2O3. The van der Waals surface area contributed by atoms with Crippen LogP contribution in [0.3, 0.4) is 0 Å². The number of piperidine rings is 1. The van der Waals surface area contributed by atoms with E-state index in [4.69, 9.17) is 5.11 Å². The van der Waals surface area contributed by atoms with Crippen LogP contribution in [-0.4, -0.2) is 41.5 Å². The molecule has 1 fully saturated rings. The van der Waals surface area contributed by atoms with Gasteiger partial charge in [-0.2, -0.15) is 0 Å². The van der Waals surface area contributed by atoms with Crippen LogP contribution >= 0.6 is 0 Å². The topological polar surface area (TPSA) is 69.6 Å². The molecule has 0 aliphatic carbocycles. The van der Waals surface area contributed by atoms with Gasteiger partial charge in [0.05, 0.1) is 6.54 Å². The van der Waals surface area contributed by atoms with Crippen molar-refractivity contribution in [1.82, 2.24) is 4.90 Å². The van der Waals surface area contributed by atoms with E-state index in [0.29, 0.717) is 18.9 Å². The van der Waals surface area contributed by atoms with Gasteiger partial charge >= 0.3 is 5.97 Å². The van der Waals surface area contributed by atoms with Gasteiger partial charge in [-0.25, -0.2) is 0 Å². The lowest BCUT2D eigenvalue weighted by atomic mass is 9.93. The predicted molar refractivity (Wildman–Crippen MR) is 107 cm³/mol. The van der Waals surface area contributed by atoms with Crippen LogP contribution in [0.4, 0.5) is 5.69 Å². The summed E-state index contributed by atoms with van der Waals surface area (Å²) in [7, 11) is 0. The van der Waals surface area contributed by atoms with Gasteiger partial charge in [-0.1, -0.05) is 48.5 Å². The Kier molecular flexibility index (Phi) is 6.60. The molecule has 142 valence electrons. The number of hydrogen-bond acceptors (Lipinski definition) is 3. The maximum absolute atomic E-state index is 12.6. The van der Waals surface area contributed by atoms with Gasteiger partial charge in [0.2, 0.25) is 5.91 Å². The minimum Gasteiger partial charge on any atom is -0.481 e. The normalized spacial score (nSPS) is 17.4. The highest BCUT2D eigenvalue weighted by molar-refractivity contribution is 5.96. The van der Waals surface area contributed by atoms with Crippen LogP contribution in [0.25, 0.3) is 11.1 Å². The van der Waals surface area contributed by atoms with Crippen LogP contribution in [0, 0.1) is 5.92 Å². The minimum absolute atomic E-state index is 0.0303. The number of para-hydroxylation sites is 1. The average molecular weight is 366 g/mol. The number of carbonyl (C=O) groups is 2. The first-order valence-corrected chi connectivity index (χ1v) is 9.50. The van der Waals surface area contributed by atoms with Crippen molar-refractivity contribution in [2.45, 2.75) is 25.7 Å². The molecule has 1 heterocycles. The number of likely N-dealkylation sites (tertiary alicyclic amines) is 1. The maximum atomic E-state index is 12.6. The van der Waals surface area contributed by atoms with Crippen molar-refractivity contribution < 1.29 is 14.7 Å². The number of aliphatic carboxylic acids is 1. The number of amides is 1. The van der Waals surface area contributed by atoms with Crippen molar-refractivity contribution in [3.05, 3.63) is 54.6 Å². The molecule has 5 nitrogen and oxygen atoms in total. The highest BCUT2D eigenvalue weighted by Crippen LogP contribution is 2.27. The fraction of sp³-hybridized carbons (Fsp3) is 0.364. The van der Waals surface area contributed by atoms with Crippen LogP contribution < -0.4 is 5.32 Å². The molecule has 1 atom stereocenters. The van der Waals surface area contributed by atoms with Crippen LogP contribution in [0.2, 0.25) is 0 Å². The van der Waals surface area contributed by atoms with Crippen LogP contribution in [0.5, 0.6) is 0 Å². The summed E-state index contributed by atoms with van der Waals surface area (Å²) in [6.07, 6.45) is 2.94. The number of benzene rings is 2. The van der Waals surface area contributed by atoms with Crippen molar-refractivity contribution >= 4 is 17.6 Å². The lowest BCUT2D eigenvalue weighted by molar-refractivity contribution is -0.137. The molecule has 0 aromatic heterocycles. The fourth-order valence-electron chi connectivity index (χ4n) is 3.71. The van der Waals surface area contributed by atoms with E-state index in [2.05, 4.69) is 10.2 Å². The summed E-state index contributed by atoms with van der Waals surface area (Å²) in [4.78, 5) is 25.5. The van der Waals surface area contributed by atoms with E-state index in [-0.39, 0.29) is 12.3 Å². The molecule has 3 rings (SSSR count). The SMILES string of the molecule is O=C(O)CCC1CCCN(CC(=O)Nc2ccccc2-c2ccccc2)C1. The summed E-state index contributed by atoms with van der Waals surface area (Å²) in [6.45, 7) is 2.02. The molecule has 1 saturated heterocycles. The Morgan fingerprint density at radius 1 is 1.07 bits per heavy atom. The molecule has 2 N–H and O–H groups in total. The number of nitrogens with one attached hydrogen (secondary N) is 1. The molecule has 0 spiro atoms. The molecule has 1 unspecified atom stereocenters. The Morgan fingerprint density at radius 2 is 1.81 bits per heavy atom. The monoisotopic (exact) mass is 366 g/mol. The molecule has 5 heteroatoms. The Hall–Kier alpha value is -2.66. The third-order valence-electron chi connectivity index (χ3n) is 5.02. The summed E-state index contributed by atoms with van der Waals surface area (Å²) in [6, 6.07) is 17.8. The highest BCUT2D eigenvalue weighted by Gasteiger charge is 2.22. The van der Waals surface area contributed by atoms with Gasteiger partial charge in [0.15, 0.2) is 0 Å². The highest BCUT2D eigenvalue weighted by atomic mass is 16.4. The summed E-state index contributed by atoms with van der Waals surface area (Å²) >= 11 is 0. The van der Waals surface area contributed by atoms with E-state index in [1.165, 1.54) is 0 Å². The number of nitrogens with zero attached hydrogens (tertiary/aromatic N) is 1. The number of carboxylic acids is 1. The first kappa shape index (κ1) is 19.1. The zero-order valence-corrected chi connectivity index (χ0v) is 15.4. The molecular weight excluding hydrogens is 340 g/mol. The lowest BCUT2D eigenvalue weighted by Gasteiger charge is -2.32. The van der Waals surface area contributed by atoms with Gasteiger partial charge in [-0.3, -0.25) is 14.5 Å². The van der Waals surface area contributed by atoms with E-state index in [1.807, 2.05) is 54.6 Å². The molecule has 2 aromatic carbocycles. The maximum Gasteiger partial charge on any atom is 0.303 e. The molecule has 1 amide bonds. The number of anilines is 1. The number of carbonyl (C=O) groups excluding carboxylic acids is 1. The van der Waals surface area contributed by atoms with Gasteiger partial charge < -0.3 is 10.4 Å². The minimum atomic E-state index is -0.748. The van der Waals surface area contributed by atoms with Crippen molar-refractivity contribution in [2.75, 3.05) is 25.0 Å². The van der Waals surface area contributed by atoms with E-state index in [1.54, 1.807) is 0 Å². The standard InChI is InChI=1S/C22H26N2O3/c25-21(16-24-14-6-7-17(15-24)12-13-22(26)27)23-20-11-5-4-10-19(20)18-8-2-1-3-9-18/h1-5,8-11,17H,6-7,12-16H2,(H,23,25)(H,26,27). The third-order valence-corrected chi connectivity index (χ3v) is 5.02. The van der Waals surface area contributed by atoms with Crippen molar-refractivity contribution in [2.24, 2.45) is 5.92 Å². The number of carboxylic acid groups (broad SMARTS) is 1. The predicted octanol–water partition coefficient (Wildman–Crippen LogP) is 3.87. The van der Waals surface area contributed by atoms with Gasteiger partial charge in [-0.05, 0) is 43.4 Å². The van der Waals surface area contributed by atoms with E-state index in [0.717, 1.165) is 42.7 Å². The largest absolute Gasteiger partial charge is 0.481 e. The molecule has 2 aromatic rings. The quantitative estimate of drug-likeness (QED) is 0.780. The van der Waals surface area contributed by atoms with Gasteiger partial charge in [0.25, 0.3) is 0 Å². The molecule has 0 bridgehead atoms. The number of hydrogen-bond donors (Lipinski definition) is 2. The summed E-state index contributed by atoms with van der Waals surface area (Å²) in [5, 5.41) is 11.9. The molecule has 1 aliphatic rings. The van der Waals surface area contributed by atoms with Crippen molar-refractivity contribution in [3.8, 4) is 11.1 Å². The second-order valence-electron chi connectivity index (χ2n) is 7.14. The van der Waals surface area contributed by atoms with Crippen LogP contribution in [-0.2, 0) is 9.59 Å².